The standard InChI is InChI=1S/C19H23IO2/c1-15-10-12-16(13-11-15)14-18(21)22-20(19(2,3)4)17-8-6-5-7-9-17/h5-13H,14H2,1-4H3. The van der Waals surface area contributed by atoms with Crippen molar-refractivity contribution in [3.05, 3.63) is 69.3 Å². The van der Waals surface area contributed by atoms with Gasteiger partial charge in [-0.3, -0.25) is 0 Å². The summed E-state index contributed by atoms with van der Waals surface area (Å²) in [6.07, 6.45) is 0.344. The summed E-state index contributed by atoms with van der Waals surface area (Å²) in [6.45, 7) is 8.51. The van der Waals surface area contributed by atoms with Crippen molar-refractivity contribution in [3.63, 3.8) is 0 Å². The van der Waals surface area contributed by atoms with E-state index in [4.69, 9.17) is 3.07 Å². The molecule has 0 saturated carbocycles. The maximum atomic E-state index is 12.3. The number of halogens is 1. The SMILES string of the molecule is Cc1ccc(CC(=O)OI(c2ccccc2)C(C)(C)C)cc1. The maximum absolute atomic E-state index is 12.3. The summed E-state index contributed by atoms with van der Waals surface area (Å²) < 4.78 is 7.15. The fraction of sp³-hybridized carbons (Fsp3) is 0.316. The van der Waals surface area contributed by atoms with E-state index in [1.54, 1.807) is 0 Å². The van der Waals surface area contributed by atoms with E-state index >= 15 is 0 Å². The summed E-state index contributed by atoms with van der Waals surface area (Å²) in [7, 11) is 0. The first kappa shape index (κ1) is 17.0. The average molecular weight is 410 g/mol. The summed E-state index contributed by atoms with van der Waals surface area (Å²) in [6, 6.07) is 18.2. The van der Waals surface area contributed by atoms with Crippen LogP contribution < -0.4 is 0 Å². The molecule has 2 aromatic carbocycles. The Hall–Kier alpha value is -1.36. The van der Waals surface area contributed by atoms with Gasteiger partial charge in [-0.05, 0) is 0 Å². The van der Waals surface area contributed by atoms with E-state index in [0.29, 0.717) is 6.42 Å². The topological polar surface area (TPSA) is 26.3 Å². The van der Waals surface area contributed by atoms with Gasteiger partial charge in [0.05, 0.1) is 0 Å². The summed E-state index contributed by atoms with van der Waals surface area (Å²) in [5.74, 6) is -0.118. The molecule has 0 N–H and O–H groups in total. The molecule has 0 bridgehead atoms. The van der Waals surface area contributed by atoms with Crippen LogP contribution in [0.25, 0.3) is 0 Å². The van der Waals surface area contributed by atoms with Crippen molar-refractivity contribution in [2.45, 2.75) is 37.5 Å². The third kappa shape index (κ3) is 4.83. The van der Waals surface area contributed by atoms with E-state index in [1.165, 1.54) is 9.13 Å². The molecule has 0 radical (unpaired) electrons. The zero-order chi connectivity index (χ0) is 16.2. The minimum absolute atomic E-state index is 0.00814. The molecule has 0 aliphatic carbocycles. The summed E-state index contributed by atoms with van der Waals surface area (Å²) in [5, 5.41) is 0. The van der Waals surface area contributed by atoms with E-state index in [2.05, 4.69) is 32.9 Å². The van der Waals surface area contributed by atoms with Gasteiger partial charge in [0.15, 0.2) is 0 Å². The van der Waals surface area contributed by atoms with Crippen LogP contribution in [-0.2, 0) is 14.3 Å². The molecule has 0 unspecified atom stereocenters. The molecule has 0 aromatic heterocycles. The number of hydrogen-bond donors (Lipinski definition) is 0. The Morgan fingerprint density at radius 1 is 1.00 bits per heavy atom. The Labute approximate surface area is 140 Å². The molecule has 2 nitrogen and oxygen atoms in total. The van der Waals surface area contributed by atoms with Crippen LogP contribution in [-0.4, -0.2) is 9.39 Å². The molecule has 0 spiro atoms. The molecule has 0 aliphatic heterocycles. The van der Waals surface area contributed by atoms with Crippen molar-refractivity contribution >= 4 is 26.2 Å². The number of rotatable bonds is 4. The minimum atomic E-state index is -2.04. The number of carbonyl (C=O) groups excluding carboxylic acids is 1. The fourth-order valence-electron chi connectivity index (χ4n) is 2.00. The molecule has 0 fully saturated rings. The predicted molar refractivity (Wildman–Crippen MR) is 99.9 cm³/mol. The number of benzene rings is 2. The molecular formula is C19H23IO2. The Morgan fingerprint density at radius 3 is 2.14 bits per heavy atom. The molecule has 2 aromatic rings. The Balaban J connectivity index is 2.10. The van der Waals surface area contributed by atoms with Crippen LogP contribution in [0.2, 0.25) is 0 Å². The van der Waals surface area contributed by atoms with Crippen molar-refractivity contribution in [2.24, 2.45) is 0 Å². The van der Waals surface area contributed by atoms with Crippen molar-refractivity contribution in [2.75, 3.05) is 0 Å². The molecular weight excluding hydrogens is 387 g/mol. The zero-order valence-corrected chi connectivity index (χ0v) is 15.8. The number of hydrogen-bond acceptors (Lipinski definition) is 2. The normalized spacial score (nSPS) is 11.9. The Morgan fingerprint density at radius 2 is 1.59 bits per heavy atom. The van der Waals surface area contributed by atoms with Crippen LogP contribution >= 0.6 is 20.2 Å². The molecule has 118 valence electrons. The van der Waals surface area contributed by atoms with E-state index in [1.807, 2.05) is 49.4 Å². The third-order valence-electron chi connectivity index (χ3n) is 3.08. The van der Waals surface area contributed by atoms with Crippen molar-refractivity contribution in [1.82, 2.24) is 0 Å². The van der Waals surface area contributed by atoms with Gasteiger partial charge in [-0.2, -0.15) is 0 Å². The van der Waals surface area contributed by atoms with Gasteiger partial charge in [-0.25, -0.2) is 0 Å². The van der Waals surface area contributed by atoms with Crippen LogP contribution in [0.5, 0.6) is 0 Å². The molecule has 0 saturated heterocycles. The van der Waals surface area contributed by atoms with Gasteiger partial charge in [0.25, 0.3) is 0 Å². The van der Waals surface area contributed by atoms with E-state index < -0.39 is 20.2 Å². The number of aryl methyl sites for hydroxylation is 1. The molecule has 0 heterocycles. The van der Waals surface area contributed by atoms with Gasteiger partial charge in [0.2, 0.25) is 0 Å². The predicted octanol–water partition coefficient (Wildman–Crippen LogP) is 5.17. The van der Waals surface area contributed by atoms with E-state index in [0.717, 1.165) is 5.56 Å². The van der Waals surface area contributed by atoms with E-state index in [9.17, 15) is 4.79 Å². The molecule has 0 atom stereocenters. The quantitative estimate of drug-likeness (QED) is 0.514. The van der Waals surface area contributed by atoms with Gasteiger partial charge in [0, 0.05) is 0 Å². The molecule has 2 rings (SSSR count). The van der Waals surface area contributed by atoms with Crippen LogP contribution in [0, 0.1) is 10.5 Å². The van der Waals surface area contributed by atoms with Crippen LogP contribution in [0.4, 0.5) is 0 Å². The van der Waals surface area contributed by atoms with Crippen molar-refractivity contribution in [1.29, 1.82) is 0 Å². The first-order valence-corrected chi connectivity index (χ1v) is 10.4. The number of carbonyl (C=O) groups is 1. The molecule has 3 heteroatoms. The monoisotopic (exact) mass is 410 g/mol. The zero-order valence-electron chi connectivity index (χ0n) is 13.6. The van der Waals surface area contributed by atoms with E-state index in [-0.39, 0.29) is 9.39 Å². The fourth-order valence-corrected chi connectivity index (χ4v) is 6.50. The second kappa shape index (κ2) is 7.27. The molecule has 0 aliphatic rings. The van der Waals surface area contributed by atoms with Gasteiger partial charge >= 0.3 is 141 Å². The first-order valence-electron chi connectivity index (χ1n) is 7.38. The van der Waals surface area contributed by atoms with Gasteiger partial charge in [-0.15, -0.1) is 0 Å². The Kier molecular flexibility index (Phi) is 5.62. The second-order valence-electron chi connectivity index (χ2n) is 6.22. The Bertz CT molecular complexity index is 612. The van der Waals surface area contributed by atoms with Gasteiger partial charge in [-0.1, -0.05) is 0 Å². The van der Waals surface area contributed by atoms with Crippen LogP contribution in [0.1, 0.15) is 31.9 Å². The average Bonchev–Trinajstić information content (AvgIpc) is 2.47. The number of alkyl halides is 1. The first-order chi connectivity index (χ1) is 10.4. The van der Waals surface area contributed by atoms with Crippen LogP contribution in [0.3, 0.4) is 0 Å². The van der Waals surface area contributed by atoms with Crippen molar-refractivity contribution < 1.29 is 7.86 Å². The van der Waals surface area contributed by atoms with Crippen LogP contribution in [0.15, 0.2) is 54.6 Å². The molecule has 22 heavy (non-hydrogen) atoms. The third-order valence-corrected chi connectivity index (χ3v) is 8.80. The summed E-state index contributed by atoms with van der Waals surface area (Å²) >= 11 is -2.04. The van der Waals surface area contributed by atoms with Crippen molar-refractivity contribution in [3.8, 4) is 0 Å². The molecule has 0 amide bonds. The van der Waals surface area contributed by atoms with Gasteiger partial charge in [0.1, 0.15) is 0 Å². The summed E-state index contributed by atoms with van der Waals surface area (Å²) in [4.78, 5) is 12.3. The summed E-state index contributed by atoms with van der Waals surface area (Å²) in [5.41, 5.74) is 2.21. The van der Waals surface area contributed by atoms with Gasteiger partial charge < -0.3 is 0 Å². The second-order valence-corrected chi connectivity index (χ2v) is 12.6.